The number of rotatable bonds is 2. The van der Waals surface area contributed by atoms with Crippen LogP contribution in [0.3, 0.4) is 0 Å². The van der Waals surface area contributed by atoms with E-state index in [2.05, 4.69) is 4.74 Å². The summed E-state index contributed by atoms with van der Waals surface area (Å²) in [6, 6.07) is 0. The maximum atomic E-state index is 10.9. The van der Waals surface area contributed by atoms with Crippen LogP contribution in [0.15, 0.2) is 0 Å². The summed E-state index contributed by atoms with van der Waals surface area (Å²) in [6.45, 7) is 0. The third-order valence-corrected chi connectivity index (χ3v) is 6.00. The van der Waals surface area contributed by atoms with E-state index in [9.17, 15) is 9.69 Å². The van der Waals surface area contributed by atoms with Crippen LogP contribution >= 0.6 is 7.49 Å². The van der Waals surface area contributed by atoms with Crippen molar-refractivity contribution < 1.29 is 14.4 Å². The molecule has 4 heteroatoms. The molecule has 0 amide bonds. The van der Waals surface area contributed by atoms with E-state index in [0.29, 0.717) is 6.16 Å². The molecule has 0 radical (unpaired) electrons. The van der Waals surface area contributed by atoms with Crippen molar-refractivity contribution in [3.63, 3.8) is 0 Å². The monoisotopic (exact) mass is 192 g/mol. The van der Waals surface area contributed by atoms with Gasteiger partial charge in [-0.3, -0.25) is 0 Å². The van der Waals surface area contributed by atoms with Crippen LogP contribution in [0.1, 0.15) is 19.3 Å². The molecule has 0 saturated carbocycles. The molecule has 12 heavy (non-hydrogen) atoms. The van der Waals surface area contributed by atoms with Gasteiger partial charge in [0.2, 0.25) is 0 Å². The van der Waals surface area contributed by atoms with E-state index in [4.69, 9.17) is 0 Å². The Morgan fingerprint density at radius 2 is 2.00 bits per heavy atom. The van der Waals surface area contributed by atoms with Crippen molar-refractivity contribution in [2.45, 2.75) is 19.3 Å². The van der Waals surface area contributed by atoms with Gasteiger partial charge in [-0.15, -0.1) is 0 Å². The van der Waals surface area contributed by atoms with Gasteiger partial charge >= 0.3 is 72.7 Å². The van der Waals surface area contributed by atoms with Gasteiger partial charge in [0.25, 0.3) is 0 Å². The molecule has 0 aromatic carbocycles. The Morgan fingerprint density at radius 3 is 2.50 bits per heavy atom. The molecule has 0 unspecified atom stereocenters. The maximum absolute atomic E-state index is 10.9. The predicted octanol–water partition coefficient (Wildman–Crippen LogP) is 1.00. The first-order valence-electron chi connectivity index (χ1n) is 4.45. The fraction of sp³-hybridized carbons (Fsp3) is 0.875. The molecule has 0 spiro atoms. The Morgan fingerprint density at radius 1 is 1.42 bits per heavy atom. The molecular weight excluding hydrogens is 175 g/mol. The van der Waals surface area contributed by atoms with E-state index >= 15 is 0 Å². The molecule has 0 aromatic rings. The molecule has 1 N–H and O–H groups in total. The van der Waals surface area contributed by atoms with Gasteiger partial charge in [-0.25, -0.2) is 0 Å². The van der Waals surface area contributed by atoms with Crippen LogP contribution < -0.4 is 0 Å². The van der Waals surface area contributed by atoms with Crippen molar-refractivity contribution in [2.24, 2.45) is 0 Å². The van der Waals surface area contributed by atoms with Gasteiger partial charge in [0.15, 0.2) is 0 Å². The number of ether oxygens (including phenoxy) is 1. The fourth-order valence-corrected chi connectivity index (χ4v) is 4.83. The van der Waals surface area contributed by atoms with Crippen molar-refractivity contribution >= 4 is 13.5 Å². The molecule has 72 valence electrons. The van der Waals surface area contributed by atoms with Crippen LogP contribution in [0, 0.1) is 0 Å². The van der Waals surface area contributed by atoms with Crippen molar-refractivity contribution in [3.05, 3.63) is 0 Å². The van der Waals surface area contributed by atoms with Gasteiger partial charge < -0.3 is 0 Å². The number of hydrogen-bond acceptors (Lipinski definition) is 3. The molecule has 1 aliphatic rings. The summed E-state index contributed by atoms with van der Waals surface area (Å²) in [5.74, 6) is -0.244. The molecule has 0 bridgehead atoms. The third-order valence-electron chi connectivity index (χ3n) is 2.49. The Balaban J connectivity index is 2.41. The van der Waals surface area contributed by atoms with Crippen molar-refractivity contribution in [1.82, 2.24) is 0 Å². The number of esters is 1. The molecule has 1 heterocycles. The van der Waals surface area contributed by atoms with Crippen LogP contribution in [0.2, 0.25) is 0 Å². The van der Waals surface area contributed by atoms with Gasteiger partial charge in [-0.1, -0.05) is 0 Å². The van der Waals surface area contributed by atoms with Crippen LogP contribution in [-0.2, 0) is 9.53 Å². The first-order chi connectivity index (χ1) is 5.66. The predicted molar refractivity (Wildman–Crippen MR) is 51.0 cm³/mol. The van der Waals surface area contributed by atoms with Crippen LogP contribution in [0.5, 0.6) is 0 Å². The summed E-state index contributed by atoms with van der Waals surface area (Å²) in [5.41, 5.74) is 0. The zero-order valence-electron chi connectivity index (χ0n) is 7.51. The summed E-state index contributed by atoms with van der Waals surface area (Å²) in [7, 11) is -0.817. The summed E-state index contributed by atoms with van der Waals surface area (Å²) < 4.78 is 4.55. The number of hydrogen-bond donors (Lipinski definition) is 1. The quantitative estimate of drug-likeness (QED) is 0.524. The third kappa shape index (κ3) is 2.72. The molecule has 0 aromatic heterocycles. The number of carbonyl (C=O) groups excluding carboxylic acids is 1. The molecule has 0 atom stereocenters. The molecule has 1 rings (SSSR count). The molecule has 3 nitrogen and oxygen atoms in total. The molecule has 1 fully saturated rings. The Kier molecular flexibility index (Phi) is 3.48. The van der Waals surface area contributed by atoms with E-state index < -0.39 is 7.49 Å². The van der Waals surface area contributed by atoms with E-state index in [1.807, 2.05) is 0 Å². The topological polar surface area (TPSA) is 46.5 Å². The summed E-state index contributed by atoms with van der Waals surface area (Å²) in [6.07, 6.45) is 5.42. The van der Waals surface area contributed by atoms with Crippen molar-refractivity contribution in [1.29, 1.82) is 0 Å². The van der Waals surface area contributed by atoms with E-state index in [1.165, 1.54) is 13.5 Å². The molecule has 1 aliphatic heterocycles. The summed E-state index contributed by atoms with van der Waals surface area (Å²) >= 11 is 0. The van der Waals surface area contributed by atoms with Crippen LogP contribution in [-0.4, -0.2) is 36.5 Å². The molecule has 0 aliphatic carbocycles. The first-order valence-corrected chi connectivity index (χ1v) is 7.02. The van der Waals surface area contributed by atoms with Crippen LogP contribution in [0.25, 0.3) is 0 Å². The Bertz CT molecular complexity index is 164. The van der Waals surface area contributed by atoms with Gasteiger partial charge in [0.05, 0.1) is 0 Å². The van der Waals surface area contributed by atoms with Gasteiger partial charge in [-0.05, 0) is 0 Å². The molecular formula is C8H17O3P. The number of methoxy groups -OCH3 is 1. The second-order valence-electron chi connectivity index (χ2n) is 3.54. The van der Waals surface area contributed by atoms with Gasteiger partial charge in [0.1, 0.15) is 0 Å². The van der Waals surface area contributed by atoms with E-state index in [0.717, 1.165) is 25.2 Å². The normalized spacial score (nSPS) is 24.5. The second-order valence-corrected chi connectivity index (χ2v) is 7.34. The summed E-state index contributed by atoms with van der Waals surface area (Å²) in [4.78, 5) is 20.9. The van der Waals surface area contributed by atoms with Gasteiger partial charge in [-0.2, -0.15) is 0 Å². The number of carbonyl (C=O) groups is 1. The minimum atomic E-state index is -2.20. The standard InChI is InChI=1S/C8H17O3P/c1-11-8(9)7-12(10)5-3-2-4-6-12/h10,12H,2-7H2,1H3. The minimum absolute atomic E-state index is 0.244. The van der Waals surface area contributed by atoms with Crippen molar-refractivity contribution in [3.8, 4) is 0 Å². The zero-order chi connectivity index (χ0) is 9.03. The van der Waals surface area contributed by atoms with Crippen LogP contribution in [0.4, 0.5) is 0 Å². The fourth-order valence-electron chi connectivity index (χ4n) is 1.73. The van der Waals surface area contributed by atoms with E-state index in [1.54, 1.807) is 0 Å². The molecule has 1 saturated heterocycles. The Hall–Kier alpha value is -0.140. The van der Waals surface area contributed by atoms with Gasteiger partial charge in [0, 0.05) is 0 Å². The SMILES string of the molecule is COC(=O)C[PH]1(O)CCCCC1. The first kappa shape index (κ1) is 9.94. The zero-order valence-corrected chi connectivity index (χ0v) is 8.51. The second kappa shape index (κ2) is 4.20. The average Bonchev–Trinajstić information content (AvgIpc) is 2.05. The van der Waals surface area contributed by atoms with Crippen molar-refractivity contribution in [2.75, 3.05) is 25.6 Å². The Labute approximate surface area is 73.5 Å². The summed E-state index contributed by atoms with van der Waals surface area (Å²) in [5, 5.41) is 0. The average molecular weight is 192 g/mol. The van der Waals surface area contributed by atoms with E-state index in [-0.39, 0.29) is 5.97 Å².